The van der Waals surface area contributed by atoms with E-state index in [2.05, 4.69) is 4.98 Å². The van der Waals surface area contributed by atoms with Gasteiger partial charge in [-0.1, -0.05) is 26.0 Å². The molecule has 0 amide bonds. The van der Waals surface area contributed by atoms with Gasteiger partial charge in [0.2, 0.25) is 0 Å². The minimum Gasteiger partial charge on any atom is -0.359 e. The van der Waals surface area contributed by atoms with Crippen LogP contribution in [-0.4, -0.2) is 4.98 Å². The number of fused-ring (bicyclic) bond motifs is 1. The second-order valence-electron chi connectivity index (χ2n) is 3.38. The summed E-state index contributed by atoms with van der Waals surface area (Å²) in [6.45, 7) is 7.55. The van der Waals surface area contributed by atoms with Crippen molar-refractivity contribution in [3.8, 4) is 0 Å². The van der Waals surface area contributed by atoms with Crippen molar-refractivity contribution in [2.45, 2.75) is 33.9 Å². The van der Waals surface area contributed by atoms with E-state index < -0.39 is 6.17 Å². The number of benzene rings is 1. The number of aromatic amines is 1. The highest BCUT2D eigenvalue weighted by atomic mass is 19.1. The minimum absolute atomic E-state index is 0.766. The zero-order valence-electron chi connectivity index (χ0n) is 9.76. The number of aromatic nitrogens is 1. The molecule has 1 atom stereocenters. The van der Waals surface area contributed by atoms with Crippen LogP contribution in [0.3, 0.4) is 0 Å². The Hall–Kier alpha value is -1.31. The first-order chi connectivity index (χ1) is 7.18. The Balaban J connectivity index is 0.000000531. The summed E-state index contributed by atoms with van der Waals surface area (Å²) in [5, 5.41) is 0.995. The zero-order chi connectivity index (χ0) is 11.4. The predicted molar refractivity (Wildman–Crippen MR) is 63.9 cm³/mol. The lowest BCUT2D eigenvalue weighted by Gasteiger charge is -2.02. The Morgan fingerprint density at radius 2 is 1.93 bits per heavy atom. The maximum absolute atomic E-state index is 13.2. The van der Waals surface area contributed by atoms with Gasteiger partial charge in [-0.2, -0.15) is 0 Å². The van der Waals surface area contributed by atoms with Crippen molar-refractivity contribution < 1.29 is 4.39 Å². The molecule has 0 bridgehead atoms. The van der Waals surface area contributed by atoms with E-state index in [1.165, 1.54) is 0 Å². The molecule has 0 saturated heterocycles. The molecule has 0 aliphatic carbocycles. The highest BCUT2D eigenvalue weighted by Gasteiger charge is 2.08. The number of halogens is 1. The topological polar surface area (TPSA) is 15.8 Å². The molecule has 2 aromatic rings. The summed E-state index contributed by atoms with van der Waals surface area (Å²) in [5.41, 5.74) is 2.85. The van der Waals surface area contributed by atoms with Crippen LogP contribution in [0.15, 0.2) is 24.3 Å². The largest absolute Gasteiger partial charge is 0.359 e. The van der Waals surface area contributed by atoms with Gasteiger partial charge in [0.05, 0.1) is 0 Å². The molecule has 82 valence electrons. The maximum Gasteiger partial charge on any atom is 0.123 e. The predicted octanol–water partition coefficient (Wildman–Crippen LogP) is 4.53. The average molecular weight is 207 g/mol. The summed E-state index contributed by atoms with van der Waals surface area (Å²) in [5.74, 6) is 0. The van der Waals surface area contributed by atoms with E-state index in [4.69, 9.17) is 0 Å². The van der Waals surface area contributed by atoms with Crippen molar-refractivity contribution in [2.24, 2.45) is 0 Å². The number of hydrogen-bond donors (Lipinski definition) is 1. The van der Waals surface area contributed by atoms with Crippen LogP contribution in [0.5, 0.6) is 0 Å². The van der Waals surface area contributed by atoms with E-state index in [0.29, 0.717) is 0 Å². The summed E-state index contributed by atoms with van der Waals surface area (Å²) >= 11 is 0. The third-order valence-electron chi connectivity index (χ3n) is 2.26. The summed E-state index contributed by atoms with van der Waals surface area (Å²) in [6.07, 6.45) is -0.904. The first kappa shape index (κ1) is 11.8. The number of H-pyrrole nitrogens is 1. The van der Waals surface area contributed by atoms with Gasteiger partial charge >= 0.3 is 0 Å². The lowest BCUT2D eigenvalue weighted by atomic mass is 10.1. The van der Waals surface area contributed by atoms with Crippen LogP contribution < -0.4 is 0 Å². The summed E-state index contributed by atoms with van der Waals surface area (Å²) in [6, 6.07) is 7.67. The van der Waals surface area contributed by atoms with Crippen LogP contribution in [0.1, 0.15) is 38.2 Å². The molecule has 0 aliphatic rings. The van der Waals surface area contributed by atoms with Crippen molar-refractivity contribution >= 4 is 10.9 Å². The van der Waals surface area contributed by atoms with Crippen LogP contribution >= 0.6 is 0 Å². The Bertz CT molecular complexity index is 429. The van der Waals surface area contributed by atoms with Crippen molar-refractivity contribution in [2.75, 3.05) is 0 Å². The molecular formula is C13H18FN. The third kappa shape index (κ3) is 2.38. The molecule has 0 fully saturated rings. The maximum atomic E-state index is 13.2. The average Bonchev–Trinajstić information content (AvgIpc) is 2.60. The molecular weight excluding hydrogens is 189 g/mol. The van der Waals surface area contributed by atoms with Gasteiger partial charge in [-0.3, -0.25) is 0 Å². The van der Waals surface area contributed by atoms with Gasteiger partial charge in [0.25, 0.3) is 0 Å². The van der Waals surface area contributed by atoms with Crippen LogP contribution in [0.25, 0.3) is 10.9 Å². The number of nitrogens with one attached hydrogen (secondary N) is 1. The number of rotatable bonds is 1. The fraction of sp³-hybridized carbons (Fsp3) is 0.385. The molecule has 0 aliphatic heterocycles. The first-order valence-corrected chi connectivity index (χ1v) is 5.41. The Labute approximate surface area is 90.3 Å². The number of hydrogen-bond acceptors (Lipinski definition) is 0. The van der Waals surface area contributed by atoms with E-state index in [0.717, 1.165) is 22.2 Å². The van der Waals surface area contributed by atoms with Gasteiger partial charge in [-0.05, 0) is 31.5 Å². The van der Waals surface area contributed by atoms with Crippen molar-refractivity contribution in [3.63, 3.8) is 0 Å². The third-order valence-corrected chi connectivity index (χ3v) is 2.26. The highest BCUT2D eigenvalue weighted by Crippen LogP contribution is 2.26. The summed E-state index contributed by atoms with van der Waals surface area (Å²) in [4.78, 5) is 3.19. The molecule has 1 nitrogen and oxygen atoms in total. The van der Waals surface area contributed by atoms with E-state index in [-0.39, 0.29) is 0 Å². The van der Waals surface area contributed by atoms with Gasteiger partial charge in [0, 0.05) is 16.6 Å². The van der Waals surface area contributed by atoms with Gasteiger partial charge in [0.15, 0.2) is 0 Å². The molecule has 0 spiro atoms. The first-order valence-electron chi connectivity index (χ1n) is 5.41. The molecule has 0 saturated carbocycles. The van der Waals surface area contributed by atoms with Crippen LogP contribution in [0, 0.1) is 6.92 Å². The molecule has 0 radical (unpaired) electrons. The van der Waals surface area contributed by atoms with Crippen molar-refractivity contribution in [1.29, 1.82) is 0 Å². The molecule has 2 rings (SSSR count). The SMILES string of the molecule is CC.Cc1cc2c(C(C)F)cccc2[nH]1. The Morgan fingerprint density at radius 3 is 2.53 bits per heavy atom. The van der Waals surface area contributed by atoms with Gasteiger partial charge < -0.3 is 4.98 Å². The van der Waals surface area contributed by atoms with Crippen LogP contribution in [-0.2, 0) is 0 Å². The van der Waals surface area contributed by atoms with Gasteiger partial charge in [-0.15, -0.1) is 0 Å². The molecule has 1 heterocycles. The van der Waals surface area contributed by atoms with Crippen molar-refractivity contribution in [3.05, 3.63) is 35.5 Å². The highest BCUT2D eigenvalue weighted by molar-refractivity contribution is 5.84. The fourth-order valence-corrected chi connectivity index (χ4v) is 1.67. The lowest BCUT2D eigenvalue weighted by Crippen LogP contribution is -1.85. The lowest BCUT2D eigenvalue weighted by molar-refractivity contribution is 0.376. The van der Waals surface area contributed by atoms with E-state index in [1.54, 1.807) is 6.92 Å². The monoisotopic (exact) mass is 207 g/mol. The normalized spacial score (nSPS) is 12.1. The summed E-state index contributed by atoms with van der Waals surface area (Å²) in [7, 11) is 0. The number of aryl methyl sites for hydroxylation is 1. The number of alkyl halides is 1. The van der Waals surface area contributed by atoms with E-state index in [1.807, 2.05) is 45.0 Å². The molecule has 1 aromatic heterocycles. The molecule has 1 unspecified atom stereocenters. The summed E-state index contributed by atoms with van der Waals surface area (Å²) < 4.78 is 13.2. The van der Waals surface area contributed by atoms with Gasteiger partial charge in [-0.25, -0.2) is 4.39 Å². The van der Waals surface area contributed by atoms with Gasteiger partial charge in [0.1, 0.15) is 6.17 Å². The quantitative estimate of drug-likeness (QED) is 0.707. The Morgan fingerprint density at radius 1 is 1.27 bits per heavy atom. The van der Waals surface area contributed by atoms with Crippen molar-refractivity contribution in [1.82, 2.24) is 4.98 Å². The zero-order valence-corrected chi connectivity index (χ0v) is 9.76. The molecule has 15 heavy (non-hydrogen) atoms. The second kappa shape index (κ2) is 4.96. The van der Waals surface area contributed by atoms with E-state index >= 15 is 0 Å². The Kier molecular flexibility index (Phi) is 3.89. The fourth-order valence-electron chi connectivity index (χ4n) is 1.67. The molecule has 2 heteroatoms. The second-order valence-corrected chi connectivity index (χ2v) is 3.38. The molecule has 1 N–H and O–H groups in total. The van der Waals surface area contributed by atoms with Crippen LogP contribution in [0.4, 0.5) is 4.39 Å². The minimum atomic E-state index is -0.904. The molecule has 1 aromatic carbocycles. The van der Waals surface area contributed by atoms with E-state index in [9.17, 15) is 4.39 Å². The van der Waals surface area contributed by atoms with Crippen LogP contribution in [0.2, 0.25) is 0 Å². The standard InChI is InChI=1S/C11H12FN.C2H6/c1-7-6-10-9(8(2)12)4-3-5-11(10)13-7;1-2/h3-6,8,13H,1-2H3;1-2H3. The smallest absolute Gasteiger partial charge is 0.123 e.